The van der Waals surface area contributed by atoms with Gasteiger partial charge in [-0.05, 0) is 70.3 Å². The van der Waals surface area contributed by atoms with E-state index >= 15 is 0 Å². The number of fused-ring (bicyclic) bond motifs is 1. The van der Waals surface area contributed by atoms with Crippen LogP contribution in [0.25, 0.3) is 0 Å². The molecule has 2 aromatic rings. The zero-order valence-corrected chi connectivity index (χ0v) is 18.2. The first kappa shape index (κ1) is 21.6. The molecule has 30 heavy (non-hydrogen) atoms. The lowest BCUT2D eigenvalue weighted by atomic mass is 10.1. The van der Waals surface area contributed by atoms with Crippen molar-refractivity contribution < 1.29 is 19.1 Å². The molecule has 2 aromatic carbocycles. The van der Waals surface area contributed by atoms with Crippen molar-refractivity contribution in [1.82, 2.24) is 4.90 Å². The fraction of sp³-hybridized carbons (Fsp3) is 0.391. The van der Waals surface area contributed by atoms with Crippen LogP contribution >= 0.6 is 0 Å². The topological polar surface area (TPSA) is 71.1 Å². The monoisotopic (exact) mass is 411 g/mol. The SMILES string of the molecule is Cc1ccc(C)c(OCC(=O)Nc2ccc3c(c2)N(CCN(C)C)C(=O)C(C)O3)c1. The first-order chi connectivity index (χ1) is 14.2. The summed E-state index contributed by atoms with van der Waals surface area (Å²) in [5.41, 5.74) is 3.29. The molecule has 0 aliphatic carbocycles. The molecule has 1 heterocycles. The fourth-order valence-electron chi connectivity index (χ4n) is 3.22. The van der Waals surface area contributed by atoms with Crippen molar-refractivity contribution >= 4 is 23.2 Å². The molecule has 1 unspecified atom stereocenters. The maximum atomic E-state index is 12.6. The standard InChI is InChI=1S/C23H29N3O4/c1-15-6-7-16(2)21(12-15)29-14-22(27)24-18-8-9-20-19(13-18)26(11-10-25(4)5)23(28)17(3)30-20/h6-9,12-13,17H,10-11,14H2,1-5H3,(H,24,27). The van der Waals surface area contributed by atoms with Gasteiger partial charge in [0, 0.05) is 18.8 Å². The van der Waals surface area contributed by atoms with Gasteiger partial charge >= 0.3 is 0 Å². The zero-order valence-electron chi connectivity index (χ0n) is 18.2. The van der Waals surface area contributed by atoms with Crippen molar-refractivity contribution in [2.75, 3.05) is 44.0 Å². The second-order valence-corrected chi connectivity index (χ2v) is 7.84. The summed E-state index contributed by atoms with van der Waals surface area (Å²) in [6.07, 6.45) is -0.536. The molecule has 0 radical (unpaired) electrons. The minimum absolute atomic E-state index is 0.0916. The normalized spacial score (nSPS) is 15.6. The van der Waals surface area contributed by atoms with Gasteiger partial charge in [-0.3, -0.25) is 9.59 Å². The highest BCUT2D eigenvalue weighted by Crippen LogP contribution is 2.36. The van der Waals surface area contributed by atoms with E-state index in [9.17, 15) is 9.59 Å². The molecule has 1 atom stereocenters. The predicted molar refractivity (Wildman–Crippen MR) is 117 cm³/mol. The largest absolute Gasteiger partial charge is 0.483 e. The summed E-state index contributed by atoms with van der Waals surface area (Å²) in [6, 6.07) is 11.2. The van der Waals surface area contributed by atoms with Crippen molar-refractivity contribution in [2.45, 2.75) is 26.9 Å². The number of aryl methyl sites for hydroxylation is 2. The number of anilines is 2. The molecule has 0 bridgehead atoms. The molecule has 1 aliphatic rings. The lowest BCUT2D eigenvalue weighted by Gasteiger charge is -2.34. The minimum atomic E-state index is -0.536. The molecule has 0 fully saturated rings. The Balaban J connectivity index is 1.70. The number of benzene rings is 2. The molecule has 0 saturated heterocycles. The van der Waals surface area contributed by atoms with Crippen LogP contribution in [0.15, 0.2) is 36.4 Å². The van der Waals surface area contributed by atoms with Crippen molar-refractivity contribution in [3.8, 4) is 11.5 Å². The summed E-state index contributed by atoms with van der Waals surface area (Å²) in [5.74, 6) is 0.960. The average molecular weight is 412 g/mol. The van der Waals surface area contributed by atoms with E-state index in [1.807, 2.05) is 51.0 Å². The average Bonchev–Trinajstić information content (AvgIpc) is 2.69. The van der Waals surface area contributed by atoms with Gasteiger partial charge in [-0.15, -0.1) is 0 Å². The van der Waals surface area contributed by atoms with E-state index in [2.05, 4.69) is 5.32 Å². The molecular formula is C23H29N3O4. The quantitative estimate of drug-likeness (QED) is 0.758. The predicted octanol–water partition coefficient (Wildman–Crippen LogP) is 3.00. The van der Waals surface area contributed by atoms with Crippen molar-refractivity contribution in [1.29, 1.82) is 0 Å². The van der Waals surface area contributed by atoms with E-state index in [1.165, 1.54) is 0 Å². The Kier molecular flexibility index (Phi) is 6.62. The van der Waals surface area contributed by atoms with E-state index in [-0.39, 0.29) is 18.4 Å². The summed E-state index contributed by atoms with van der Waals surface area (Å²) in [7, 11) is 3.92. The summed E-state index contributed by atoms with van der Waals surface area (Å²) in [5, 5.41) is 2.84. The third kappa shape index (κ3) is 5.10. The number of nitrogens with zero attached hydrogens (tertiary/aromatic N) is 2. The molecule has 160 valence electrons. The van der Waals surface area contributed by atoms with Gasteiger partial charge in [0.05, 0.1) is 5.69 Å². The van der Waals surface area contributed by atoms with Crippen LogP contribution in [0.1, 0.15) is 18.1 Å². The highest BCUT2D eigenvalue weighted by Gasteiger charge is 2.31. The smallest absolute Gasteiger partial charge is 0.267 e. The molecule has 3 rings (SSSR count). The lowest BCUT2D eigenvalue weighted by molar-refractivity contribution is -0.125. The third-order valence-electron chi connectivity index (χ3n) is 4.92. The Morgan fingerprint density at radius 2 is 1.97 bits per heavy atom. The number of rotatable bonds is 7. The van der Waals surface area contributed by atoms with Crippen LogP contribution in [0.5, 0.6) is 11.5 Å². The molecule has 2 amide bonds. The van der Waals surface area contributed by atoms with E-state index < -0.39 is 6.10 Å². The van der Waals surface area contributed by atoms with E-state index in [1.54, 1.807) is 30.0 Å². The Labute approximate surface area is 177 Å². The number of amides is 2. The first-order valence-electron chi connectivity index (χ1n) is 10.0. The second-order valence-electron chi connectivity index (χ2n) is 7.84. The van der Waals surface area contributed by atoms with Gasteiger partial charge in [0.25, 0.3) is 11.8 Å². The molecule has 0 saturated carbocycles. The van der Waals surface area contributed by atoms with Gasteiger partial charge in [0.1, 0.15) is 11.5 Å². The van der Waals surface area contributed by atoms with E-state index in [0.29, 0.717) is 29.4 Å². The molecule has 7 heteroatoms. The molecule has 0 aromatic heterocycles. The van der Waals surface area contributed by atoms with Gasteiger partial charge in [0.15, 0.2) is 12.7 Å². The Morgan fingerprint density at radius 3 is 2.70 bits per heavy atom. The maximum Gasteiger partial charge on any atom is 0.267 e. The molecule has 7 nitrogen and oxygen atoms in total. The number of hydrogen-bond donors (Lipinski definition) is 1. The maximum absolute atomic E-state index is 12.6. The molecular weight excluding hydrogens is 382 g/mol. The second kappa shape index (κ2) is 9.17. The van der Waals surface area contributed by atoms with Crippen LogP contribution in [-0.4, -0.2) is 56.6 Å². The van der Waals surface area contributed by atoms with E-state index in [4.69, 9.17) is 9.47 Å². The Morgan fingerprint density at radius 1 is 1.20 bits per heavy atom. The summed E-state index contributed by atoms with van der Waals surface area (Å²) >= 11 is 0. The van der Waals surface area contributed by atoms with Gasteiger partial charge in [-0.2, -0.15) is 0 Å². The molecule has 1 N–H and O–H groups in total. The lowest BCUT2D eigenvalue weighted by Crippen LogP contribution is -2.46. The Hall–Kier alpha value is -3.06. The number of carbonyl (C=O) groups excluding carboxylic acids is 2. The van der Waals surface area contributed by atoms with Crippen molar-refractivity contribution in [3.63, 3.8) is 0 Å². The summed E-state index contributed by atoms with van der Waals surface area (Å²) in [6.45, 7) is 6.83. The van der Waals surface area contributed by atoms with Crippen LogP contribution in [0, 0.1) is 13.8 Å². The number of nitrogens with one attached hydrogen (secondary N) is 1. The summed E-state index contributed by atoms with van der Waals surface area (Å²) in [4.78, 5) is 28.8. The Bertz CT molecular complexity index is 942. The van der Waals surface area contributed by atoms with Gasteiger partial charge in [-0.25, -0.2) is 0 Å². The van der Waals surface area contributed by atoms with Crippen molar-refractivity contribution in [2.24, 2.45) is 0 Å². The number of hydrogen-bond acceptors (Lipinski definition) is 5. The van der Waals surface area contributed by atoms with Gasteiger partial charge in [0.2, 0.25) is 0 Å². The highest BCUT2D eigenvalue weighted by atomic mass is 16.5. The van der Waals surface area contributed by atoms with Crippen LogP contribution in [-0.2, 0) is 9.59 Å². The summed E-state index contributed by atoms with van der Waals surface area (Å²) < 4.78 is 11.4. The molecule has 1 aliphatic heterocycles. The van der Waals surface area contributed by atoms with Crippen LogP contribution in [0.2, 0.25) is 0 Å². The number of likely N-dealkylation sites (N-methyl/N-ethyl adjacent to an activating group) is 1. The minimum Gasteiger partial charge on any atom is -0.483 e. The van der Waals surface area contributed by atoms with E-state index in [0.717, 1.165) is 17.7 Å². The zero-order chi connectivity index (χ0) is 21.8. The van der Waals surface area contributed by atoms with Gasteiger partial charge in [-0.1, -0.05) is 12.1 Å². The van der Waals surface area contributed by atoms with Crippen molar-refractivity contribution in [3.05, 3.63) is 47.5 Å². The first-order valence-corrected chi connectivity index (χ1v) is 10.0. The number of carbonyl (C=O) groups is 2. The third-order valence-corrected chi connectivity index (χ3v) is 4.92. The van der Waals surface area contributed by atoms with Gasteiger partial charge < -0.3 is 24.6 Å². The molecule has 0 spiro atoms. The van der Waals surface area contributed by atoms with Crippen LogP contribution in [0.3, 0.4) is 0 Å². The number of ether oxygens (including phenoxy) is 2. The van der Waals surface area contributed by atoms with Crippen LogP contribution < -0.4 is 19.7 Å². The van der Waals surface area contributed by atoms with Crippen LogP contribution in [0.4, 0.5) is 11.4 Å². The fourth-order valence-corrected chi connectivity index (χ4v) is 3.22. The highest BCUT2D eigenvalue weighted by molar-refractivity contribution is 6.01.